The molecule has 2 heterocycles. The molecule has 43 heavy (non-hydrogen) atoms. The van der Waals surface area contributed by atoms with Crippen molar-refractivity contribution >= 4 is 63.5 Å². The van der Waals surface area contributed by atoms with E-state index in [4.69, 9.17) is 21.1 Å². The summed E-state index contributed by atoms with van der Waals surface area (Å²) in [7, 11) is 0. The number of thiophene rings is 1. The van der Waals surface area contributed by atoms with Gasteiger partial charge in [0.25, 0.3) is 5.91 Å². The lowest BCUT2D eigenvalue weighted by Gasteiger charge is -2.14. The fraction of sp³-hybridized carbons (Fsp3) is 0.429. The maximum atomic E-state index is 14.2. The third kappa shape index (κ3) is 8.33. The molecule has 0 aliphatic heterocycles. The van der Waals surface area contributed by atoms with E-state index in [0.29, 0.717) is 23.1 Å². The number of esters is 2. The molecule has 1 aromatic carbocycles. The van der Waals surface area contributed by atoms with Gasteiger partial charge < -0.3 is 24.7 Å². The summed E-state index contributed by atoms with van der Waals surface area (Å²) in [4.78, 5) is 51.3. The van der Waals surface area contributed by atoms with Crippen LogP contribution in [0.2, 0.25) is 5.02 Å². The Kier molecular flexibility index (Phi) is 12.5. The number of thioether (sulfide) groups is 1. The van der Waals surface area contributed by atoms with E-state index in [0.717, 1.165) is 42.0 Å². The normalized spacial score (nSPS) is 11.6. The Morgan fingerprint density at radius 3 is 2.44 bits per heavy atom. The van der Waals surface area contributed by atoms with Gasteiger partial charge in [-0.3, -0.25) is 9.59 Å². The summed E-state index contributed by atoms with van der Waals surface area (Å²) in [6.07, 6.45) is 1.65. The average molecular weight is 654 g/mol. The number of nitrogens with zero attached hydrogens (tertiary/aromatic N) is 3. The molecule has 0 bridgehead atoms. The number of hydrogen-bond donors (Lipinski definition) is 2. The van der Waals surface area contributed by atoms with E-state index >= 15 is 0 Å². The molecular weight excluding hydrogens is 621 g/mol. The molecule has 2 aromatic heterocycles. The number of rotatable bonds is 14. The fourth-order valence-electron chi connectivity index (χ4n) is 3.91. The quantitative estimate of drug-likeness (QED) is 0.167. The van der Waals surface area contributed by atoms with E-state index in [1.807, 2.05) is 6.92 Å². The third-order valence-corrected chi connectivity index (χ3v) is 8.68. The molecule has 2 amide bonds. The van der Waals surface area contributed by atoms with Crippen molar-refractivity contribution in [3.8, 4) is 0 Å². The molecule has 0 radical (unpaired) electrons. The van der Waals surface area contributed by atoms with Crippen molar-refractivity contribution in [2.75, 3.05) is 18.5 Å². The summed E-state index contributed by atoms with van der Waals surface area (Å²) in [6, 6.07) is 3.99. The van der Waals surface area contributed by atoms with Gasteiger partial charge in [-0.1, -0.05) is 42.8 Å². The second-order valence-electron chi connectivity index (χ2n) is 9.13. The Labute approximate surface area is 261 Å². The molecular formula is C28H33ClFN5O6S2. The summed E-state index contributed by atoms with van der Waals surface area (Å²) in [5.74, 6) is -2.72. The minimum absolute atomic E-state index is 0.0116. The molecule has 3 aromatic rings. The third-order valence-electron chi connectivity index (χ3n) is 6.10. The number of benzene rings is 1. The highest BCUT2D eigenvalue weighted by Gasteiger charge is 2.29. The maximum Gasteiger partial charge on any atom is 0.348 e. The number of unbranched alkanes of at least 4 members (excludes halogenated alkanes) is 1. The van der Waals surface area contributed by atoms with Crippen molar-refractivity contribution in [1.29, 1.82) is 0 Å². The Bertz CT molecular complexity index is 1470. The number of ether oxygens (including phenoxy) is 2. The largest absolute Gasteiger partial charge is 0.462 e. The highest BCUT2D eigenvalue weighted by Crippen LogP contribution is 2.35. The Balaban J connectivity index is 1.79. The second-order valence-corrected chi connectivity index (χ2v) is 11.9. The van der Waals surface area contributed by atoms with Gasteiger partial charge in [-0.2, -0.15) is 0 Å². The van der Waals surface area contributed by atoms with Crippen LogP contribution in [0.1, 0.15) is 82.3 Å². The Hall–Kier alpha value is -3.49. The van der Waals surface area contributed by atoms with E-state index in [1.54, 1.807) is 32.3 Å². The number of halogens is 2. The predicted molar refractivity (Wildman–Crippen MR) is 162 cm³/mol. The van der Waals surface area contributed by atoms with Gasteiger partial charge in [0, 0.05) is 6.54 Å². The smallest absolute Gasteiger partial charge is 0.348 e. The summed E-state index contributed by atoms with van der Waals surface area (Å²) < 4.78 is 26.2. The molecule has 0 fully saturated rings. The topological polar surface area (TPSA) is 142 Å². The van der Waals surface area contributed by atoms with Crippen LogP contribution in [-0.2, 0) is 27.4 Å². The molecule has 0 saturated carbocycles. The lowest BCUT2D eigenvalue weighted by atomic mass is 10.1. The van der Waals surface area contributed by atoms with Crippen LogP contribution in [0.25, 0.3) is 0 Å². The van der Waals surface area contributed by atoms with E-state index < -0.39 is 34.8 Å². The first-order valence-electron chi connectivity index (χ1n) is 13.6. The number of aromatic nitrogens is 3. The van der Waals surface area contributed by atoms with Crippen LogP contribution in [0.5, 0.6) is 0 Å². The van der Waals surface area contributed by atoms with Crippen molar-refractivity contribution < 1.29 is 33.0 Å². The highest BCUT2D eigenvalue weighted by atomic mass is 35.5. The van der Waals surface area contributed by atoms with Crippen molar-refractivity contribution in [2.45, 2.75) is 71.0 Å². The minimum Gasteiger partial charge on any atom is -0.462 e. The molecule has 1 atom stereocenters. The molecule has 15 heteroatoms. The lowest BCUT2D eigenvalue weighted by molar-refractivity contribution is -0.115. The van der Waals surface area contributed by atoms with E-state index in [9.17, 15) is 23.6 Å². The van der Waals surface area contributed by atoms with Gasteiger partial charge in [-0.25, -0.2) is 14.0 Å². The van der Waals surface area contributed by atoms with Crippen LogP contribution in [0.4, 0.5) is 9.39 Å². The number of amides is 2. The van der Waals surface area contributed by atoms with Gasteiger partial charge in [-0.15, -0.1) is 21.5 Å². The maximum absolute atomic E-state index is 14.2. The Morgan fingerprint density at radius 1 is 1.09 bits per heavy atom. The average Bonchev–Trinajstić information content (AvgIpc) is 3.49. The standard InChI is InChI=1S/C28H33ClFN5O6S2/c1-6-9-13-35-19(14-31-24(37)21-17(29)11-10-12-18(21)30)33-34-28(35)42-16(5)23(36)32-25-20(26(38)40-7-2)15(4)22(43-25)27(39)41-8-3/h10-12,16H,6-9,13-14H2,1-5H3,(H,31,37)(H,32,36)/t16-/m0/s1. The molecule has 2 N–H and O–H groups in total. The number of nitrogens with one attached hydrogen (secondary N) is 2. The van der Waals surface area contributed by atoms with Crippen molar-refractivity contribution in [3.05, 3.63) is 56.4 Å². The highest BCUT2D eigenvalue weighted by molar-refractivity contribution is 8.00. The number of hydrogen-bond acceptors (Lipinski definition) is 10. The SMILES string of the molecule is CCCCn1c(CNC(=O)c2c(F)cccc2Cl)nnc1S[C@@H](C)C(=O)Nc1sc(C(=O)OCC)c(C)c1C(=O)OCC. The zero-order valence-electron chi connectivity index (χ0n) is 24.4. The number of anilines is 1. The fourth-order valence-corrected chi connectivity index (χ4v) is 6.14. The second kappa shape index (κ2) is 15.8. The van der Waals surface area contributed by atoms with Gasteiger partial charge >= 0.3 is 11.9 Å². The molecule has 0 unspecified atom stereocenters. The van der Waals surface area contributed by atoms with Crippen LogP contribution < -0.4 is 10.6 Å². The summed E-state index contributed by atoms with van der Waals surface area (Å²) in [5, 5.41) is 13.7. The minimum atomic E-state index is -0.741. The van der Waals surface area contributed by atoms with Gasteiger partial charge in [0.2, 0.25) is 5.91 Å². The first-order valence-corrected chi connectivity index (χ1v) is 15.7. The van der Waals surface area contributed by atoms with Gasteiger partial charge in [0.1, 0.15) is 15.7 Å². The van der Waals surface area contributed by atoms with Gasteiger partial charge in [0.05, 0.1) is 41.2 Å². The monoisotopic (exact) mass is 653 g/mol. The number of carbonyl (C=O) groups is 4. The van der Waals surface area contributed by atoms with Crippen molar-refractivity contribution in [2.24, 2.45) is 0 Å². The molecule has 0 saturated heterocycles. The first-order chi connectivity index (χ1) is 20.5. The molecule has 0 aliphatic carbocycles. The number of carbonyl (C=O) groups excluding carboxylic acids is 4. The van der Waals surface area contributed by atoms with E-state index in [1.165, 1.54) is 12.1 Å². The predicted octanol–water partition coefficient (Wildman–Crippen LogP) is 5.64. The summed E-state index contributed by atoms with van der Waals surface area (Å²) in [5.41, 5.74) is 0.195. The molecule has 0 spiro atoms. The van der Waals surface area contributed by atoms with Crippen LogP contribution in [0.15, 0.2) is 23.4 Å². The molecule has 11 nitrogen and oxygen atoms in total. The van der Waals surface area contributed by atoms with Crippen LogP contribution >= 0.6 is 34.7 Å². The zero-order chi connectivity index (χ0) is 31.7. The van der Waals surface area contributed by atoms with Gasteiger partial charge in [0.15, 0.2) is 11.0 Å². The Morgan fingerprint density at radius 2 is 1.79 bits per heavy atom. The van der Waals surface area contributed by atoms with Gasteiger partial charge in [-0.05, 0) is 51.8 Å². The summed E-state index contributed by atoms with van der Waals surface area (Å²) >= 11 is 8.09. The molecule has 3 rings (SSSR count). The first kappa shape index (κ1) is 34.0. The summed E-state index contributed by atoms with van der Waals surface area (Å²) in [6.45, 7) is 9.35. The van der Waals surface area contributed by atoms with Crippen molar-refractivity contribution in [1.82, 2.24) is 20.1 Å². The lowest BCUT2D eigenvalue weighted by Crippen LogP contribution is -2.26. The molecule has 232 valence electrons. The van der Waals surface area contributed by atoms with E-state index in [-0.39, 0.29) is 45.8 Å². The van der Waals surface area contributed by atoms with Crippen LogP contribution in [-0.4, -0.2) is 57.0 Å². The zero-order valence-corrected chi connectivity index (χ0v) is 26.8. The van der Waals surface area contributed by atoms with E-state index in [2.05, 4.69) is 20.8 Å². The van der Waals surface area contributed by atoms with Crippen LogP contribution in [0.3, 0.4) is 0 Å². The van der Waals surface area contributed by atoms with Crippen LogP contribution in [0, 0.1) is 12.7 Å². The van der Waals surface area contributed by atoms with Crippen molar-refractivity contribution in [3.63, 3.8) is 0 Å². The molecule has 0 aliphatic rings.